The molecule has 1 aliphatic rings. The summed E-state index contributed by atoms with van der Waals surface area (Å²) in [7, 11) is 0. The van der Waals surface area contributed by atoms with Crippen LogP contribution in [0.4, 0.5) is 0 Å². The minimum absolute atomic E-state index is 0.0721. The van der Waals surface area contributed by atoms with Crippen LogP contribution in [0.5, 0.6) is 0 Å². The molecule has 0 bridgehead atoms. The molecule has 0 aromatic carbocycles. The average Bonchev–Trinajstić information content (AvgIpc) is 2.30. The molecule has 1 amide bonds. The summed E-state index contributed by atoms with van der Waals surface area (Å²) in [6, 6.07) is 0. The molecule has 0 atom stereocenters. The molecule has 6 nitrogen and oxygen atoms in total. The molecule has 1 aliphatic heterocycles. The van der Waals surface area contributed by atoms with Gasteiger partial charge in [-0.25, -0.2) is 0 Å². The van der Waals surface area contributed by atoms with Gasteiger partial charge in [0.1, 0.15) is 5.70 Å². The van der Waals surface area contributed by atoms with Crippen molar-refractivity contribution in [1.82, 2.24) is 5.06 Å². The van der Waals surface area contributed by atoms with E-state index in [0.29, 0.717) is 6.41 Å². The molecule has 60 valence electrons. The summed E-state index contributed by atoms with van der Waals surface area (Å²) in [6.45, 7) is 1.32. The van der Waals surface area contributed by atoms with Gasteiger partial charge in [-0.15, -0.1) is 0 Å². The van der Waals surface area contributed by atoms with Gasteiger partial charge in [-0.1, -0.05) is 0 Å². The Morgan fingerprint density at radius 3 is 2.73 bits per heavy atom. The predicted octanol–water partition coefficient (Wildman–Crippen LogP) is -0.102. The first-order chi connectivity index (χ1) is 5.16. The van der Waals surface area contributed by atoms with Crippen molar-refractivity contribution in [3.05, 3.63) is 21.5 Å². The van der Waals surface area contributed by atoms with Crippen LogP contribution in [0.1, 0.15) is 6.92 Å². The number of nitro groups is 1. The molecule has 11 heavy (non-hydrogen) atoms. The number of hydroxylamine groups is 2. The maximum absolute atomic E-state index is 10.2. The van der Waals surface area contributed by atoms with Crippen LogP contribution >= 0.6 is 0 Å². The van der Waals surface area contributed by atoms with E-state index in [2.05, 4.69) is 4.84 Å². The number of amides is 1. The van der Waals surface area contributed by atoms with Gasteiger partial charge in [0.2, 0.25) is 6.41 Å². The Balaban J connectivity index is 2.88. The van der Waals surface area contributed by atoms with E-state index in [1.54, 1.807) is 0 Å². The van der Waals surface area contributed by atoms with Crippen LogP contribution in [0, 0.1) is 10.1 Å². The Morgan fingerprint density at radius 2 is 2.45 bits per heavy atom. The Bertz CT molecular complexity index is 235. The molecule has 0 aromatic heterocycles. The summed E-state index contributed by atoms with van der Waals surface area (Å²) in [5.41, 5.74) is 0.169. The fourth-order valence-electron chi connectivity index (χ4n) is 0.753. The molecule has 0 aromatic rings. The molecule has 0 fully saturated rings. The molecule has 0 spiro atoms. The second kappa shape index (κ2) is 2.67. The lowest BCUT2D eigenvalue weighted by atomic mass is 10.4. The zero-order chi connectivity index (χ0) is 8.43. The van der Waals surface area contributed by atoms with Gasteiger partial charge in [-0.3, -0.25) is 19.7 Å². The lowest BCUT2D eigenvalue weighted by Gasteiger charge is -2.04. The zero-order valence-corrected chi connectivity index (χ0v) is 5.81. The molecule has 0 unspecified atom stereocenters. The third kappa shape index (κ3) is 1.20. The molecule has 1 heterocycles. The number of nitrogens with zero attached hydrogens (tertiary/aromatic N) is 2. The molecule has 0 saturated carbocycles. The van der Waals surface area contributed by atoms with Gasteiger partial charge >= 0.3 is 0 Å². The van der Waals surface area contributed by atoms with Gasteiger partial charge in [0.05, 0.1) is 4.92 Å². The Labute approximate surface area is 62.1 Å². The van der Waals surface area contributed by atoms with E-state index < -0.39 is 4.92 Å². The van der Waals surface area contributed by atoms with Crippen LogP contribution in [-0.4, -0.2) is 23.0 Å². The maximum Gasteiger partial charge on any atom is 0.295 e. The van der Waals surface area contributed by atoms with Crippen LogP contribution in [-0.2, 0) is 9.63 Å². The number of carbonyl (C=O) groups is 1. The number of hydrogen-bond donors (Lipinski definition) is 0. The van der Waals surface area contributed by atoms with Crippen molar-refractivity contribution < 1.29 is 14.6 Å². The largest absolute Gasteiger partial charge is 0.295 e. The van der Waals surface area contributed by atoms with Crippen molar-refractivity contribution in [1.29, 1.82) is 0 Å². The molecule has 1 rings (SSSR count). The van der Waals surface area contributed by atoms with Crippen molar-refractivity contribution in [2.75, 3.05) is 6.61 Å². The van der Waals surface area contributed by atoms with Crippen LogP contribution < -0.4 is 0 Å². The fourth-order valence-corrected chi connectivity index (χ4v) is 0.753. The van der Waals surface area contributed by atoms with Crippen LogP contribution in [0.2, 0.25) is 0 Å². The smallest absolute Gasteiger partial charge is 0.276 e. The number of hydrogen-bond acceptors (Lipinski definition) is 4. The second-order valence-electron chi connectivity index (χ2n) is 1.99. The van der Waals surface area contributed by atoms with Crippen molar-refractivity contribution in [2.45, 2.75) is 6.92 Å². The highest BCUT2D eigenvalue weighted by atomic mass is 16.7. The van der Waals surface area contributed by atoms with E-state index >= 15 is 0 Å². The highest BCUT2D eigenvalue weighted by molar-refractivity contribution is 5.49. The Kier molecular flexibility index (Phi) is 1.86. The second-order valence-corrected chi connectivity index (χ2v) is 1.99. The highest BCUT2D eigenvalue weighted by Gasteiger charge is 2.28. The molecule has 0 radical (unpaired) electrons. The van der Waals surface area contributed by atoms with Gasteiger partial charge in [0.15, 0.2) is 6.61 Å². The van der Waals surface area contributed by atoms with Crippen LogP contribution in [0.3, 0.4) is 0 Å². The maximum atomic E-state index is 10.2. The van der Waals surface area contributed by atoms with Crippen molar-refractivity contribution >= 4 is 6.41 Å². The molecular weight excluding hydrogens is 152 g/mol. The van der Waals surface area contributed by atoms with Crippen LogP contribution in [0.15, 0.2) is 11.4 Å². The summed E-state index contributed by atoms with van der Waals surface area (Å²) in [5, 5.41) is 11.0. The monoisotopic (exact) mass is 158 g/mol. The standard InChI is InChI=1S/C5H6N2O4/c1-4-5(7(9)10)2-11-6(4)3-8/h3H,2H2,1H3. The lowest BCUT2D eigenvalue weighted by Crippen LogP contribution is -2.13. The normalized spacial score (nSPS) is 17.4. The Hall–Kier alpha value is -1.43. The third-order valence-electron chi connectivity index (χ3n) is 1.40. The van der Waals surface area contributed by atoms with Gasteiger partial charge in [0, 0.05) is 0 Å². The van der Waals surface area contributed by atoms with E-state index in [1.807, 2.05) is 0 Å². The average molecular weight is 158 g/mol. The Morgan fingerprint density at radius 1 is 1.82 bits per heavy atom. The van der Waals surface area contributed by atoms with E-state index in [9.17, 15) is 14.9 Å². The van der Waals surface area contributed by atoms with Crippen molar-refractivity contribution in [2.24, 2.45) is 0 Å². The quantitative estimate of drug-likeness (QED) is 0.319. The molecule has 0 saturated heterocycles. The first kappa shape index (κ1) is 7.67. The van der Waals surface area contributed by atoms with E-state index in [0.717, 1.165) is 5.06 Å². The topological polar surface area (TPSA) is 72.7 Å². The van der Waals surface area contributed by atoms with Gasteiger partial charge in [-0.05, 0) is 6.92 Å². The van der Waals surface area contributed by atoms with E-state index in [4.69, 9.17) is 0 Å². The van der Waals surface area contributed by atoms with Gasteiger partial charge < -0.3 is 0 Å². The highest BCUT2D eigenvalue weighted by Crippen LogP contribution is 2.17. The molecule has 0 aliphatic carbocycles. The minimum Gasteiger partial charge on any atom is -0.276 e. The molecular formula is C5H6N2O4. The van der Waals surface area contributed by atoms with E-state index in [-0.39, 0.29) is 18.0 Å². The summed E-state index contributed by atoms with van der Waals surface area (Å²) >= 11 is 0. The summed E-state index contributed by atoms with van der Waals surface area (Å²) in [5.74, 6) is 0. The number of rotatable bonds is 2. The first-order valence-corrected chi connectivity index (χ1v) is 2.88. The number of allylic oxidation sites excluding steroid dienone is 1. The third-order valence-corrected chi connectivity index (χ3v) is 1.40. The van der Waals surface area contributed by atoms with E-state index in [1.165, 1.54) is 6.92 Å². The van der Waals surface area contributed by atoms with Gasteiger partial charge in [0.25, 0.3) is 5.70 Å². The SMILES string of the molecule is CC1=C([N+](=O)[O-])CON1C=O. The van der Waals surface area contributed by atoms with Gasteiger partial charge in [-0.2, -0.15) is 5.06 Å². The number of carbonyl (C=O) groups excluding carboxylic acids is 1. The van der Waals surface area contributed by atoms with Crippen molar-refractivity contribution in [3.8, 4) is 0 Å². The molecule has 6 heteroatoms. The summed E-state index contributed by atoms with van der Waals surface area (Å²) < 4.78 is 0. The fraction of sp³-hybridized carbons (Fsp3) is 0.400. The lowest BCUT2D eigenvalue weighted by molar-refractivity contribution is -0.428. The predicted molar refractivity (Wildman–Crippen MR) is 33.5 cm³/mol. The summed E-state index contributed by atoms with van der Waals surface area (Å²) in [4.78, 5) is 24.4. The van der Waals surface area contributed by atoms with Crippen molar-refractivity contribution in [3.63, 3.8) is 0 Å². The zero-order valence-electron chi connectivity index (χ0n) is 5.81. The van der Waals surface area contributed by atoms with Crippen LogP contribution in [0.25, 0.3) is 0 Å². The first-order valence-electron chi connectivity index (χ1n) is 2.88. The molecule has 0 N–H and O–H groups in total. The minimum atomic E-state index is -0.557. The summed E-state index contributed by atoms with van der Waals surface area (Å²) in [6.07, 6.45) is 0.395.